The van der Waals surface area contributed by atoms with Crippen molar-refractivity contribution in [1.29, 1.82) is 0 Å². The molecule has 0 atom stereocenters. The minimum absolute atomic E-state index is 0.0762. The van der Waals surface area contributed by atoms with E-state index in [1.165, 1.54) is 157 Å². The molecule has 0 unspecified atom stereocenters. The quantitative estimate of drug-likeness (QED) is 0.154. The van der Waals surface area contributed by atoms with Crippen LogP contribution in [-0.2, 0) is 21.7 Å². The van der Waals surface area contributed by atoms with Crippen LogP contribution in [0.3, 0.4) is 0 Å². The summed E-state index contributed by atoms with van der Waals surface area (Å²) >= 11 is 0. The monoisotopic (exact) mass is 1130 g/mol. The van der Waals surface area contributed by atoms with E-state index in [-0.39, 0.29) is 35.1 Å². The Morgan fingerprint density at radius 2 is 0.570 bits per heavy atom. The first-order valence-electron chi connectivity index (χ1n) is 31.9. The first-order chi connectivity index (χ1) is 40.5. The number of para-hydroxylation sites is 2. The summed E-state index contributed by atoms with van der Waals surface area (Å²) in [7, 11) is 0. The van der Waals surface area contributed by atoms with Gasteiger partial charge < -0.3 is 19.6 Å². The Morgan fingerprint density at radius 3 is 0.860 bits per heavy atom. The van der Waals surface area contributed by atoms with Crippen molar-refractivity contribution in [1.82, 2.24) is 0 Å². The molecule has 9 aromatic rings. The number of hydrogen-bond donors (Lipinski definition) is 0. The number of benzene rings is 9. The predicted molar refractivity (Wildman–Crippen MR) is 376 cm³/mol. The van der Waals surface area contributed by atoms with Crippen molar-refractivity contribution in [3.05, 3.63) is 213 Å². The molecule has 9 aromatic carbocycles. The fraction of sp³-hybridized carbons (Fsp3) is 0.325. The standard InChI is InChI=1S/C80H88B2N4/c1-47(2)53-35-49(5)75(50(6)36-53)85-67-45-64-68(46-63(67)81-61-33-31-55(77(9,10)11)39-65(61)83(59-27-23-21-24-28-59)69-41-57(79(15,16)17)43-71(85)73(69)81)86(76-51(7)37-54(48(3)4)38-52(76)8)72-44-58(80(18,19)20)42-70-74(72)82(64)62-34-32-56(78(12,13)14)40-66(62)84(70)60-29-25-22-26-30-60/h21-48H,1-20H3. The van der Waals surface area contributed by atoms with Gasteiger partial charge >= 0.3 is 0 Å². The third kappa shape index (κ3) is 9.08. The van der Waals surface area contributed by atoms with Crippen molar-refractivity contribution >= 4 is 114 Å². The van der Waals surface area contributed by atoms with E-state index >= 15 is 0 Å². The average Bonchev–Trinajstić information content (AvgIpc) is 0.719. The molecule has 13 rings (SSSR count). The molecule has 0 fully saturated rings. The van der Waals surface area contributed by atoms with Gasteiger partial charge in [0, 0.05) is 56.9 Å². The predicted octanol–water partition coefficient (Wildman–Crippen LogP) is 18.5. The molecule has 434 valence electrons. The Morgan fingerprint density at radius 1 is 0.291 bits per heavy atom. The first kappa shape index (κ1) is 57.4. The fourth-order valence-corrected chi connectivity index (χ4v) is 14.8. The third-order valence-electron chi connectivity index (χ3n) is 19.6. The summed E-state index contributed by atoms with van der Waals surface area (Å²) in [4.78, 5) is 10.7. The largest absolute Gasteiger partial charge is 0.311 e. The summed E-state index contributed by atoms with van der Waals surface area (Å²) in [6.45, 7) is 47.1. The topological polar surface area (TPSA) is 13.0 Å². The van der Waals surface area contributed by atoms with E-state index in [1.54, 1.807) is 0 Å². The highest BCUT2D eigenvalue weighted by Gasteiger charge is 2.50. The first-order valence-corrected chi connectivity index (χ1v) is 31.9. The fourth-order valence-electron chi connectivity index (χ4n) is 14.8. The van der Waals surface area contributed by atoms with Crippen LogP contribution in [0.15, 0.2) is 158 Å². The van der Waals surface area contributed by atoms with Crippen LogP contribution in [0.1, 0.15) is 178 Å². The van der Waals surface area contributed by atoms with Gasteiger partial charge in [-0.05, 0) is 222 Å². The minimum Gasteiger partial charge on any atom is -0.311 e. The Hall–Kier alpha value is -7.69. The zero-order valence-corrected chi connectivity index (χ0v) is 55.1. The molecular weight excluding hydrogens is 1040 g/mol. The van der Waals surface area contributed by atoms with Crippen LogP contribution in [0.4, 0.5) is 68.2 Å². The van der Waals surface area contributed by atoms with Crippen molar-refractivity contribution in [2.45, 2.75) is 172 Å². The summed E-state index contributed by atoms with van der Waals surface area (Å²) in [5.74, 6) is 0.775. The van der Waals surface area contributed by atoms with Gasteiger partial charge in [-0.2, -0.15) is 0 Å². The molecule has 4 aliphatic heterocycles. The number of hydrogen-bond acceptors (Lipinski definition) is 4. The second-order valence-corrected chi connectivity index (χ2v) is 30.6. The highest BCUT2D eigenvalue weighted by molar-refractivity contribution is 7.02. The van der Waals surface area contributed by atoms with Crippen molar-refractivity contribution in [2.24, 2.45) is 0 Å². The van der Waals surface area contributed by atoms with Crippen molar-refractivity contribution in [3.8, 4) is 0 Å². The van der Waals surface area contributed by atoms with Crippen LogP contribution < -0.4 is 52.4 Å². The molecule has 4 heterocycles. The molecule has 0 saturated heterocycles. The zero-order chi connectivity index (χ0) is 61.2. The molecule has 0 amide bonds. The molecular formula is C80H88B2N4. The number of rotatable bonds is 6. The Bertz CT molecular complexity index is 3920. The van der Waals surface area contributed by atoms with Crippen LogP contribution in [0.25, 0.3) is 0 Å². The molecule has 0 radical (unpaired) electrons. The normalized spacial score (nSPS) is 14.3. The van der Waals surface area contributed by atoms with Crippen LogP contribution in [0.2, 0.25) is 0 Å². The van der Waals surface area contributed by atoms with Crippen molar-refractivity contribution in [2.75, 3.05) is 19.6 Å². The van der Waals surface area contributed by atoms with Gasteiger partial charge in [0.15, 0.2) is 0 Å². The van der Waals surface area contributed by atoms with Gasteiger partial charge in [-0.3, -0.25) is 0 Å². The van der Waals surface area contributed by atoms with Crippen LogP contribution >= 0.6 is 0 Å². The lowest BCUT2D eigenvalue weighted by Gasteiger charge is -2.48. The molecule has 6 heteroatoms. The minimum atomic E-state index is -0.167. The Kier molecular flexibility index (Phi) is 13.3. The lowest BCUT2D eigenvalue weighted by molar-refractivity contribution is 0.589. The van der Waals surface area contributed by atoms with E-state index < -0.39 is 0 Å². The van der Waals surface area contributed by atoms with Crippen LogP contribution in [-0.4, -0.2) is 13.4 Å². The molecule has 86 heavy (non-hydrogen) atoms. The number of nitrogens with zero attached hydrogens (tertiary/aromatic N) is 4. The molecule has 0 bridgehead atoms. The number of anilines is 12. The lowest BCUT2D eigenvalue weighted by atomic mass is 9.31. The maximum Gasteiger partial charge on any atom is 0.252 e. The van der Waals surface area contributed by atoms with E-state index in [0.717, 1.165) is 0 Å². The number of fused-ring (bicyclic) bond motifs is 8. The highest BCUT2D eigenvalue weighted by atomic mass is 15.2. The molecule has 0 spiro atoms. The second-order valence-electron chi connectivity index (χ2n) is 30.6. The van der Waals surface area contributed by atoms with E-state index in [4.69, 9.17) is 0 Å². The summed E-state index contributed by atoms with van der Waals surface area (Å²) in [5, 5.41) is 0. The van der Waals surface area contributed by atoms with Crippen LogP contribution in [0.5, 0.6) is 0 Å². The zero-order valence-electron chi connectivity index (χ0n) is 55.1. The van der Waals surface area contributed by atoms with Gasteiger partial charge in [-0.25, -0.2) is 0 Å². The van der Waals surface area contributed by atoms with Gasteiger partial charge in [0.2, 0.25) is 0 Å². The molecule has 0 N–H and O–H groups in total. The van der Waals surface area contributed by atoms with Gasteiger partial charge in [-0.1, -0.05) is 196 Å². The SMILES string of the molecule is Cc1cc(C(C)C)cc(C)c1N1c2cc3c(cc2B2c4ccc(C(C)(C)C)cc4N(c4ccccc4)c4cc(C(C)(C)C)cc1c42)N(c1c(C)cc(C(C)C)cc1C)c1cc(C(C)(C)C)cc2c1B3c1ccc(C(C)(C)C)cc1N2c1ccccc1. The van der Waals surface area contributed by atoms with Crippen molar-refractivity contribution < 1.29 is 0 Å². The van der Waals surface area contributed by atoms with E-state index in [0.29, 0.717) is 11.8 Å². The summed E-state index contributed by atoms with van der Waals surface area (Å²) < 4.78 is 0. The van der Waals surface area contributed by atoms with Crippen molar-refractivity contribution in [3.63, 3.8) is 0 Å². The Labute approximate surface area is 516 Å². The highest BCUT2D eigenvalue weighted by Crippen LogP contribution is 2.52. The molecule has 4 aliphatic rings. The number of aryl methyl sites for hydroxylation is 4. The van der Waals surface area contributed by atoms with E-state index in [9.17, 15) is 0 Å². The molecule has 0 aliphatic carbocycles. The molecule has 0 saturated carbocycles. The third-order valence-corrected chi connectivity index (χ3v) is 19.6. The van der Waals surface area contributed by atoms with Gasteiger partial charge in [0.05, 0.1) is 11.4 Å². The second kappa shape index (κ2) is 19.9. The van der Waals surface area contributed by atoms with Crippen LogP contribution in [0, 0.1) is 27.7 Å². The molecule has 4 nitrogen and oxygen atoms in total. The molecule has 0 aromatic heterocycles. The summed E-state index contributed by atoms with van der Waals surface area (Å²) in [6, 6.07) is 62.9. The van der Waals surface area contributed by atoms with Gasteiger partial charge in [0.1, 0.15) is 0 Å². The Balaban J connectivity index is 1.23. The maximum atomic E-state index is 2.74. The smallest absolute Gasteiger partial charge is 0.252 e. The maximum absolute atomic E-state index is 2.74. The lowest BCUT2D eigenvalue weighted by Crippen LogP contribution is -2.64. The summed E-state index contributed by atoms with van der Waals surface area (Å²) in [6.07, 6.45) is 0. The van der Waals surface area contributed by atoms with Gasteiger partial charge in [-0.15, -0.1) is 0 Å². The van der Waals surface area contributed by atoms with Gasteiger partial charge in [0.25, 0.3) is 13.4 Å². The summed E-state index contributed by atoms with van der Waals surface area (Å²) in [5.41, 5.74) is 35.5. The van der Waals surface area contributed by atoms with E-state index in [2.05, 4.69) is 316 Å². The van der Waals surface area contributed by atoms with E-state index in [1.807, 2.05) is 0 Å². The average molecular weight is 1130 g/mol.